The molecule has 0 aliphatic heterocycles. The van der Waals surface area contributed by atoms with Crippen molar-refractivity contribution in [2.45, 2.75) is 64.0 Å². The summed E-state index contributed by atoms with van der Waals surface area (Å²) in [4.78, 5) is 12.3. The number of amides is 1. The van der Waals surface area contributed by atoms with Gasteiger partial charge in [-0.25, -0.2) is 0 Å². The summed E-state index contributed by atoms with van der Waals surface area (Å²) in [5.74, 6) is 2.74. The number of hydrogen-bond acceptors (Lipinski definition) is 3. The van der Waals surface area contributed by atoms with Crippen LogP contribution in [0, 0.1) is 23.2 Å². The fourth-order valence-electron chi connectivity index (χ4n) is 5.56. The molecular formula is C17H30N2O2. The van der Waals surface area contributed by atoms with E-state index in [2.05, 4.69) is 12.2 Å². The van der Waals surface area contributed by atoms with Crippen molar-refractivity contribution < 1.29 is 9.53 Å². The molecule has 4 heteroatoms. The summed E-state index contributed by atoms with van der Waals surface area (Å²) >= 11 is 0. The lowest BCUT2D eigenvalue weighted by atomic mass is 9.48. The standard InChI is InChI=1S/C17H30N2O2/c1-11(19-16(20)15(18)3-4-21-2)17-8-12-5-13(9-17)7-14(6-12)10-17/h11-15H,3-10,18H2,1-2H3,(H,19,20). The molecular weight excluding hydrogens is 264 g/mol. The van der Waals surface area contributed by atoms with Crippen molar-refractivity contribution in [1.29, 1.82) is 0 Å². The summed E-state index contributed by atoms with van der Waals surface area (Å²) < 4.78 is 5.01. The van der Waals surface area contributed by atoms with Gasteiger partial charge in [-0.1, -0.05) is 0 Å². The minimum Gasteiger partial charge on any atom is -0.385 e. The van der Waals surface area contributed by atoms with Crippen LogP contribution in [0.25, 0.3) is 0 Å². The molecule has 4 aliphatic carbocycles. The second-order valence-electron chi connectivity index (χ2n) is 7.90. The van der Waals surface area contributed by atoms with Crippen molar-refractivity contribution in [1.82, 2.24) is 5.32 Å². The molecule has 3 N–H and O–H groups in total. The maximum absolute atomic E-state index is 12.3. The quantitative estimate of drug-likeness (QED) is 0.788. The molecule has 21 heavy (non-hydrogen) atoms. The Labute approximate surface area is 128 Å². The van der Waals surface area contributed by atoms with E-state index >= 15 is 0 Å². The predicted octanol–water partition coefficient (Wildman–Crippen LogP) is 2.07. The maximum Gasteiger partial charge on any atom is 0.237 e. The van der Waals surface area contributed by atoms with E-state index in [0.717, 1.165) is 17.8 Å². The molecule has 4 nitrogen and oxygen atoms in total. The maximum atomic E-state index is 12.3. The lowest BCUT2D eigenvalue weighted by molar-refractivity contribution is -0.127. The topological polar surface area (TPSA) is 64.3 Å². The van der Waals surface area contributed by atoms with Crippen LogP contribution in [0.1, 0.15) is 51.9 Å². The lowest BCUT2D eigenvalue weighted by Crippen LogP contribution is -2.57. The van der Waals surface area contributed by atoms with E-state index in [-0.39, 0.29) is 11.9 Å². The number of ether oxygens (including phenoxy) is 1. The Balaban J connectivity index is 1.60. The Hall–Kier alpha value is -0.610. The molecule has 0 aromatic heterocycles. The third kappa shape index (κ3) is 2.98. The number of hydrogen-bond donors (Lipinski definition) is 2. The average Bonchev–Trinajstić information content (AvgIpc) is 2.43. The first kappa shape index (κ1) is 15.3. The highest BCUT2D eigenvalue weighted by molar-refractivity contribution is 5.81. The molecule has 1 amide bonds. The van der Waals surface area contributed by atoms with Gasteiger partial charge in [0.2, 0.25) is 5.91 Å². The molecule has 0 radical (unpaired) electrons. The van der Waals surface area contributed by atoms with Crippen molar-refractivity contribution in [2.75, 3.05) is 13.7 Å². The largest absolute Gasteiger partial charge is 0.385 e. The van der Waals surface area contributed by atoms with Crippen LogP contribution < -0.4 is 11.1 Å². The molecule has 4 aliphatic rings. The highest BCUT2D eigenvalue weighted by Crippen LogP contribution is 2.61. The third-order valence-corrected chi connectivity index (χ3v) is 6.33. The molecule has 120 valence electrons. The molecule has 4 rings (SSSR count). The van der Waals surface area contributed by atoms with Crippen LogP contribution in [0.3, 0.4) is 0 Å². The molecule has 0 spiro atoms. The smallest absolute Gasteiger partial charge is 0.237 e. The molecule has 0 heterocycles. The third-order valence-electron chi connectivity index (χ3n) is 6.33. The minimum absolute atomic E-state index is 0.00436. The number of nitrogens with two attached hydrogens (primary N) is 1. The lowest BCUT2D eigenvalue weighted by Gasteiger charge is -2.59. The number of nitrogens with one attached hydrogen (secondary N) is 1. The Morgan fingerprint density at radius 2 is 1.76 bits per heavy atom. The van der Waals surface area contributed by atoms with Gasteiger partial charge in [-0.15, -0.1) is 0 Å². The van der Waals surface area contributed by atoms with Crippen LogP contribution >= 0.6 is 0 Å². The van der Waals surface area contributed by atoms with E-state index in [1.165, 1.54) is 38.5 Å². The molecule has 4 saturated carbocycles. The van der Waals surface area contributed by atoms with E-state index in [1.807, 2.05) is 0 Å². The van der Waals surface area contributed by atoms with Crippen molar-refractivity contribution in [3.8, 4) is 0 Å². The Morgan fingerprint density at radius 3 is 2.24 bits per heavy atom. The summed E-state index contributed by atoms with van der Waals surface area (Å²) in [5.41, 5.74) is 6.30. The normalized spacial score (nSPS) is 40.0. The molecule has 2 atom stereocenters. The van der Waals surface area contributed by atoms with Gasteiger partial charge in [-0.2, -0.15) is 0 Å². The van der Waals surface area contributed by atoms with Crippen LogP contribution in [0.5, 0.6) is 0 Å². The summed E-state index contributed by atoms with van der Waals surface area (Å²) in [6.45, 7) is 2.74. The van der Waals surface area contributed by atoms with Gasteiger partial charge in [0.1, 0.15) is 0 Å². The van der Waals surface area contributed by atoms with Gasteiger partial charge in [0.25, 0.3) is 0 Å². The highest BCUT2D eigenvalue weighted by atomic mass is 16.5. The minimum atomic E-state index is -0.443. The van der Waals surface area contributed by atoms with Crippen LogP contribution in [0.2, 0.25) is 0 Å². The number of carbonyl (C=O) groups excluding carboxylic acids is 1. The van der Waals surface area contributed by atoms with Crippen molar-refractivity contribution in [2.24, 2.45) is 28.9 Å². The predicted molar refractivity (Wildman–Crippen MR) is 82.7 cm³/mol. The number of rotatable bonds is 6. The van der Waals surface area contributed by atoms with E-state index in [0.29, 0.717) is 18.4 Å². The van der Waals surface area contributed by atoms with Crippen LogP contribution in [0.4, 0.5) is 0 Å². The van der Waals surface area contributed by atoms with Gasteiger partial charge in [0, 0.05) is 19.8 Å². The zero-order valence-electron chi connectivity index (χ0n) is 13.4. The zero-order valence-corrected chi connectivity index (χ0v) is 13.4. The van der Waals surface area contributed by atoms with Crippen LogP contribution in [0.15, 0.2) is 0 Å². The summed E-state index contributed by atoms with van der Waals surface area (Å²) in [7, 11) is 1.64. The van der Waals surface area contributed by atoms with Gasteiger partial charge in [0.15, 0.2) is 0 Å². The van der Waals surface area contributed by atoms with Gasteiger partial charge >= 0.3 is 0 Å². The molecule has 4 bridgehead atoms. The second kappa shape index (κ2) is 5.88. The van der Waals surface area contributed by atoms with Gasteiger partial charge < -0.3 is 15.8 Å². The summed E-state index contributed by atoms with van der Waals surface area (Å²) in [6, 6.07) is -0.187. The molecule has 0 saturated heterocycles. The zero-order chi connectivity index (χ0) is 15.0. The number of carbonyl (C=O) groups is 1. The first-order valence-corrected chi connectivity index (χ1v) is 8.57. The van der Waals surface area contributed by atoms with E-state index in [4.69, 9.17) is 10.5 Å². The summed E-state index contributed by atoms with van der Waals surface area (Å²) in [6.07, 6.45) is 8.85. The first-order valence-electron chi connectivity index (χ1n) is 8.57. The summed E-state index contributed by atoms with van der Waals surface area (Å²) in [5, 5.41) is 3.23. The van der Waals surface area contributed by atoms with Gasteiger partial charge in [0.05, 0.1) is 6.04 Å². The fourth-order valence-corrected chi connectivity index (χ4v) is 5.56. The Morgan fingerprint density at radius 1 is 1.24 bits per heavy atom. The van der Waals surface area contributed by atoms with Crippen molar-refractivity contribution in [3.63, 3.8) is 0 Å². The van der Waals surface area contributed by atoms with Crippen molar-refractivity contribution >= 4 is 5.91 Å². The van der Waals surface area contributed by atoms with E-state index in [1.54, 1.807) is 7.11 Å². The Bertz CT molecular complexity index is 361. The molecule has 0 aromatic rings. The highest BCUT2D eigenvalue weighted by Gasteiger charge is 2.53. The second-order valence-corrected chi connectivity index (χ2v) is 7.90. The SMILES string of the molecule is COCCC(N)C(=O)NC(C)C12CC3CC(CC(C3)C1)C2. The first-order chi connectivity index (χ1) is 10.0. The average molecular weight is 294 g/mol. The van der Waals surface area contributed by atoms with E-state index < -0.39 is 6.04 Å². The van der Waals surface area contributed by atoms with Crippen LogP contribution in [-0.4, -0.2) is 31.7 Å². The molecule has 4 fully saturated rings. The van der Waals surface area contributed by atoms with Crippen molar-refractivity contribution in [3.05, 3.63) is 0 Å². The van der Waals surface area contributed by atoms with Gasteiger partial charge in [-0.3, -0.25) is 4.79 Å². The molecule has 0 aromatic carbocycles. The van der Waals surface area contributed by atoms with E-state index in [9.17, 15) is 4.79 Å². The van der Waals surface area contributed by atoms with Gasteiger partial charge in [-0.05, 0) is 75.0 Å². The fraction of sp³-hybridized carbons (Fsp3) is 0.941. The number of methoxy groups -OCH3 is 1. The molecule has 2 unspecified atom stereocenters. The monoisotopic (exact) mass is 294 g/mol. The Kier molecular flexibility index (Phi) is 4.28. The van der Waals surface area contributed by atoms with Crippen LogP contribution in [-0.2, 0) is 9.53 Å².